The standard InChI is InChI=1S/C21H20N4OS/c1-15(14-25-18-6-5-16(12-22)11-17(18)13-23-25)4-7-21(26)24-9-8-19(24)20-3-2-10-27-20/h2-3,5-6,10-11,13,19H,1,4,7-9,14H2. The molecule has 27 heavy (non-hydrogen) atoms. The van der Waals surface area contributed by atoms with E-state index >= 15 is 0 Å². The van der Waals surface area contributed by atoms with Crippen LogP contribution in [-0.4, -0.2) is 27.1 Å². The van der Waals surface area contributed by atoms with Crippen LogP contribution in [0.5, 0.6) is 0 Å². The van der Waals surface area contributed by atoms with E-state index in [4.69, 9.17) is 5.26 Å². The Balaban J connectivity index is 1.34. The number of hydrogen-bond donors (Lipinski definition) is 0. The van der Waals surface area contributed by atoms with Gasteiger partial charge in [0.15, 0.2) is 0 Å². The van der Waals surface area contributed by atoms with Gasteiger partial charge >= 0.3 is 0 Å². The minimum Gasteiger partial charge on any atom is -0.335 e. The molecule has 1 atom stereocenters. The Kier molecular flexibility index (Phi) is 4.78. The molecule has 5 nitrogen and oxygen atoms in total. The van der Waals surface area contributed by atoms with Crippen molar-refractivity contribution in [3.8, 4) is 6.07 Å². The van der Waals surface area contributed by atoms with Crippen molar-refractivity contribution in [2.45, 2.75) is 31.8 Å². The largest absolute Gasteiger partial charge is 0.335 e. The zero-order valence-electron chi connectivity index (χ0n) is 15.0. The number of fused-ring (bicyclic) bond motifs is 1. The third-order valence-electron chi connectivity index (χ3n) is 5.05. The number of benzene rings is 1. The monoisotopic (exact) mass is 376 g/mol. The number of rotatable bonds is 6. The Bertz CT molecular complexity index is 1030. The molecule has 1 aromatic carbocycles. The van der Waals surface area contributed by atoms with Gasteiger partial charge in [-0.25, -0.2) is 0 Å². The Morgan fingerprint density at radius 1 is 1.37 bits per heavy atom. The summed E-state index contributed by atoms with van der Waals surface area (Å²) in [5.74, 6) is 0.199. The maximum atomic E-state index is 12.6. The van der Waals surface area contributed by atoms with Crippen LogP contribution in [0.4, 0.5) is 0 Å². The molecule has 1 aliphatic heterocycles. The lowest BCUT2D eigenvalue weighted by Crippen LogP contribution is -2.44. The number of carbonyl (C=O) groups excluding carboxylic acids is 1. The number of carbonyl (C=O) groups is 1. The minimum atomic E-state index is 0.199. The SMILES string of the molecule is C=C(CCC(=O)N1CCC1c1cccs1)Cn1ncc2cc(C#N)ccc21. The molecular weight excluding hydrogens is 356 g/mol. The number of amides is 1. The van der Waals surface area contributed by atoms with Gasteiger partial charge in [-0.1, -0.05) is 18.2 Å². The number of likely N-dealkylation sites (tertiary alicyclic amines) is 1. The molecule has 1 unspecified atom stereocenters. The number of allylic oxidation sites excluding steroid dienone is 1. The van der Waals surface area contributed by atoms with E-state index in [2.05, 4.69) is 29.2 Å². The first-order chi connectivity index (χ1) is 13.2. The molecule has 1 fully saturated rings. The second-order valence-corrected chi connectivity index (χ2v) is 7.82. The van der Waals surface area contributed by atoms with Crippen LogP contribution in [0.15, 0.2) is 54.1 Å². The lowest BCUT2D eigenvalue weighted by Gasteiger charge is -2.40. The Morgan fingerprint density at radius 3 is 2.96 bits per heavy atom. The van der Waals surface area contributed by atoms with E-state index in [1.165, 1.54) is 4.88 Å². The highest BCUT2D eigenvalue weighted by Crippen LogP contribution is 2.36. The second-order valence-electron chi connectivity index (χ2n) is 6.84. The van der Waals surface area contributed by atoms with Crippen LogP contribution in [0.1, 0.15) is 35.7 Å². The summed E-state index contributed by atoms with van der Waals surface area (Å²) in [6, 6.07) is 12.1. The number of aromatic nitrogens is 2. The van der Waals surface area contributed by atoms with E-state index in [0.29, 0.717) is 24.9 Å². The van der Waals surface area contributed by atoms with Crippen LogP contribution in [0.2, 0.25) is 0 Å². The lowest BCUT2D eigenvalue weighted by molar-refractivity contribution is -0.139. The van der Waals surface area contributed by atoms with E-state index in [0.717, 1.165) is 29.4 Å². The summed E-state index contributed by atoms with van der Waals surface area (Å²) in [7, 11) is 0. The topological polar surface area (TPSA) is 61.9 Å². The van der Waals surface area contributed by atoms with Crippen molar-refractivity contribution in [3.05, 3.63) is 64.5 Å². The summed E-state index contributed by atoms with van der Waals surface area (Å²) in [6.45, 7) is 5.56. The van der Waals surface area contributed by atoms with E-state index in [9.17, 15) is 4.79 Å². The maximum Gasteiger partial charge on any atom is 0.223 e. The zero-order chi connectivity index (χ0) is 18.8. The van der Waals surface area contributed by atoms with Gasteiger partial charge in [0.25, 0.3) is 0 Å². The third kappa shape index (κ3) is 3.51. The Morgan fingerprint density at radius 2 is 2.26 bits per heavy atom. The third-order valence-corrected chi connectivity index (χ3v) is 6.02. The van der Waals surface area contributed by atoms with Crippen LogP contribution < -0.4 is 0 Å². The smallest absolute Gasteiger partial charge is 0.223 e. The van der Waals surface area contributed by atoms with Crippen LogP contribution >= 0.6 is 11.3 Å². The first-order valence-electron chi connectivity index (χ1n) is 9.01. The average molecular weight is 376 g/mol. The normalized spacial score (nSPS) is 16.1. The highest BCUT2D eigenvalue weighted by Gasteiger charge is 2.33. The van der Waals surface area contributed by atoms with E-state index in [1.807, 2.05) is 27.8 Å². The van der Waals surface area contributed by atoms with Gasteiger partial charge < -0.3 is 4.90 Å². The fraction of sp³-hybridized carbons (Fsp3) is 0.286. The van der Waals surface area contributed by atoms with Crippen molar-refractivity contribution in [1.82, 2.24) is 14.7 Å². The van der Waals surface area contributed by atoms with Crippen molar-refractivity contribution in [2.24, 2.45) is 0 Å². The van der Waals surface area contributed by atoms with Crippen LogP contribution in [0.25, 0.3) is 10.9 Å². The summed E-state index contributed by atoms with van der Waals surface area (Å²) in [5, 5.41) is 16.4. The number of hydrogen-bond acceptors (Lipinski definition) is 4. The predicted octanol–water partition coefficient (Wildman–Crippen LogP) is 4.28. The number of thiophene rings is 1. The highest BCUT2D eigenvalue weighted by atomic mass is 32.1. The summed E-state index contributed by atoms with van der Waals surface area (Å²) in [5.41, 5.74) is 2.58. The number of nitriles is 1. The number of nitrogens with zero attached hydrogens (tertiary/aromatic N) is 4. The van der Waals surface area contributed by atoms with Crippen molar-refractivity contribution < 1.29 is 4.79 Å². The van der Waals surface area contributed by atoms with Crippen molar-refractivity contribution in [2.75, 3.05) is 6.54 Å². The van der Waals surface area contributed by atoms with E-state index in [-0.39, 0.29) is 11.9 Å². The zero-order valence-corrected chi connectivity index (χ0v) is 15.8. The van der Waals surface area contributed by atoms with Crippen molar-refractivity contribution in [3.63, 3.8) is 0 Å². The van der Waals surface area contributed by atoms with Gasteiger partial charge in [0.2, 0.25) is 5.91 Å². The van der Waals surface area contributed by atoms with Crippen molar-refractivity contribution >= 4 is 28.1 Å². The Hall–Kier alpha value is -2.91. The molecule has 0 N–H and O–H groups in total. The van der Waals surface area contributed by atoms with E-state index in [1.54, 1.807) is 23.6 Å². The molecule has 136 valence electrons. The maximum absolute atomic E-state index is 12.6. The van der Waals surface area contributed by atoms with Crippen molar-refractivity contribution in [1.29, 1.82) is 5.26 Å². The van der Waals surface area contributed by atoms with Crippen LogP contribution in [0.3, 0.4) is 0 Å². The molecule has 0 spiro atoms. The molecule has 0 bridgehead atoms. The van der Waals surface area contributed by atoms with Gasteiger partial charge in [-0.3, -0.25) is 9.48 Å². The fourth-order valence-corrected chi connectivity index (χ4v) is 4.34. The average Bonchev–Trinajstić information content (AvgIpc) is 3.29. The second kappa shape index (κ2) is 7.37. The molecule has 1 aliphatic rings. The molecule has 0 radical (unpaired) electrons. The lowest BCUT2D eigenvalue weighted by atomic mass is 10.00. The quantitative estimate of drug-likeness (QED) is 0.603. The summed E-state index contributed by atoms with van der Waals surface area (Å²) >= 11 is 1.72. The molecule has 0 aliphatic carbocycles. The Labute approximate surface area is 162 Å². The van der Waals surface area contributed by atoms with Gasteiger partial charge in [0.1, 0.15) is 0 Å². The van der Waals surface area contributed by atoms with Gasteiger partial charge in [0, 0.05) is 23.2 Å². The predicted molar refractivity (Wildman–Crippen MR) is 106 cm³/mol. The van der Waals surface area contributed by atoms with Crippen LogP contribution in [-0.2, 0) is 11.3 Å². The summed E-state index contributed by atoms with van der Waals surface area (Å²) < 4.78 is 1.88. The molecule has 3 heterocycles. The highest BCUT2D eigenvalue weighted by molar-refractivity contribution is 7.10. The molecule has 2 aromatic heterocycles. The molecular formula is C21H20N4OS. The molecule has 4 rings (SSSR count). The molecule has 3 aromatic rings. The summed E-state index contributed by atoms with van der Waals surface area (Å²) in [4.78, 5) is 15.8. The minimum absolute atomic E-state index is 0.199. The van der Waals surface area contributed by atoms with E-state index < -0.39 is 0 Å². The first kappa shape index (κ1) is 17.5. The van der Waals surface area contributed by atoms with Gasteiger partial charge in [-0.2, -0.15) is 10.4 Å². The molecule has 6 heteroatoms. The van der Waals surface area contributed by atoms with Gasteiger partial charge in [-0.05, 0) is 42.5 Å². The van der Waals surface area contributed by atoms with Gasteiger partial charge in [-0.15, -0.1) is 11.3 Å². The fourth-order valence-electron chi connectivity index (χ4n) is 3.46. The first-order valence-corrected chi connectivity index (χ1v) is 9.89. The summed E-state index contributed by atoms with van der Waals surface area (Å²) in [6.07, 6.45) is 3.96. The van der Waals surface area contributed by atoms with Gasteiger partial charge in [0.05, 0.1) is 35.9 Å². The molecule has 1 saturated heterocycles. The molecule has 0 saturated carbocycles. The van der Waals surface area contributed by atoms with Crippen LogP contribution in [0, 0.1) is 11.3 Å². The molecule has 1 amide bonds.